The highest BCUT2D eigenvalue weighted by atomic mass is 16.7. The van der Waals surface area contributed by atoms with Gasteiger partial charge in [0.1, 0.15) is 5.41 Å². The zero-order valence-corrected chi connectivity index (χ0v) is 10.9. The molecule has 0 heterocycles. The van der Waals surface area contributed by atoms with Gasteiger partial charge in [0, 0.05) is 7.05 Å². The Morgan fingerprint density at radius 1 is 1.24 bits per heavy atom. The number of rotatable bonds is 6. The van der Waals surface area contributed by atoms with Crippen LogP contribution in [0.3, 0.4) is 0 Å². The maximum atomic E-state index is 11.8. The van der Waals surface area contributed by atoms with E-state index >= 15 is 0 Å². The molecule has 0 rings (SSSR count). The van der Waals surface area contributed by atoms with Crippen molar-refractivity contribution in [3.8, 4) is 0 Å². The highest BCUT2D eigenvalue weighted by Crippen LogP contribution is 2.21. The summed E-state index contributed by atoms with van der Waals surface area (Å²) in [6, 6.07) is 0. The molecule has 0 N–H and O–H groups in total. The number of nitrogens with zero attached hydrogens (tertiary/aromatic N) is 1. The second-order valence-corrected chi connectivity index (χ2v) is 4.02. The van der Waals surface area contributed by atoms with Crippen molar-refractivity contribution in [2.45, 2.75) is 27.2 Å². The molecule has 0 unspecified atom stereocenters. The molecule has 98 valence electrons. The second kappa shape index (κ2) is 6.34. The maximum absolute atomic E-state index is 11.8. The third-order valence-corrected chi connectivity index (χ3v) is 2.42. The fraction of sp³-hybridized carbons (Fsp3) is 0.727. The van der Waals surface area contributed by atoms with Crippen molar-refractivity contribution in [2.24, 2.45) is 5.41 Å². The molecule has 17 heavy (non-hydrogen) atoms. The smallest absolute Gasteiger partial charge is 0.319 e. The summed E-state index contributed by atoms with van der Waals surface area (Å²) in [5, 5.41) is 0.944. The van der Waals surface area contributed by atoms with Gasteiger partial charge < -0.3 is 4.74 Å². The number of esters is 1. The van der Waals surface area contributed by atoms with Crippen LogP contribution in [0.2, 0.25) is 0 Å². The summed E-state index contributed by atoms with van der Waals surface area (Å²) in [4.78, 5) is 39.4. The summed E-state index contributed by atoms with van der Waals surface area (Å²) in [5.41, 5.74) is -1.32. The van der Waals surface area contributed by atoms with Gasteiger partial charge in [0.25, 0.3) is 5.91 Å². The van der Waals surface area contributed by atoms with Gasteiger partial charge in [-0.05, 0) is 20.8 Å². The molecule has 0 saturated carbocycles. The lowest BCUT2D eigenvalue weighted by molar-refractivity contribution is -0.171. The summed E-state index contributed by atoms with van der Waals surface area (Å²) in [6.07, 6.45) is -0.393. The molecule has 0 bridgehead atoms. The molecule has 6 heteroatoms. The Balaban J connectivity index is 4.59. The molecule has 1 amide bonds. The van der Waals surface area contributed by atoms with Crippen molar-refractivity contribution in [2.75, 3.05) is 20.8 Å². The van der Waals surface area contributed by atoms with E-state index in [1.165, 1.54) is 28.0 Å². The molecule has 0 atom stereocenters. The van der Waals surface area contributed by atoms with Gasteiger partial charge in [-0.25, -0.2) is 5.06 Å². The van der Waals surface area contributed by atoms with Crippen LogP contribution in [-0.4, -0.2) is 43.5 Å². The van der Waals surface area contributed by atoms with Gasteiger partial charge in [-0.3, -0.25) is 19.2 Å². The minimum atomic E-state index is -1.32. The molecule has 0 aromatic heterocycles. The van der Waals surface area contributed by atoms with Gasteiger partial charge in [0.05, 0.1) is 20.1 Å². The average molecular weight is 245 g/mol. The van der Waals surface area contributed by atoms with Crippen LogP contribution in [0.4, 0.5) is 0 Å². The van der Waals surface area contributed by atoms with Crippen LogP contribution >= 0.6 is 0 Å². The number of Topliss-reactive ketones (excluding diaryl/α,β-unsaturated/α-hetero) is 1. The van der Waals surface area contributed by atoms with E-state index in [1.807, 2.05) is 0 Å². The molecular formula is C11H19NO5. The normalized spacial score (nSPS) is 10.9. The Hall–Kier alpha value is -1.43. The molecule has 6 nitrogen and oxygen atoms in total. The van der Waals surface area contributed by atoms with Gasteiger partial charge in [-0.1, -0.05) is 0 Å². The first-order valence-corrected chi connectivity index (χ1v) is 5.28. The van der Waals surface area contributed by atoms with Crippen molar-refractivity contribution in [1.29, 1.82) is 0 Å². The minimum absolute atomic E-state index is 0.196. The van der Waals surface area contributed by atoms with Crippen molar-refractivity contribution in [3.05, 3.63) is 0 Å². The van der Waals surface area contributed by atoms with Crippen LogP contribution in [-0.2, 0) is 24.0 Å². The second-order valence-electron chi connectivity index (χ2n) is 4.02. The van der Waals surface area contributed by atoms with E-state index < -0.39 is 29.5 Å². The predicted molar refractivity (Wildman–Crippen MR) is 59.8 cm³/mol. The van der Waals surface area contributed by atoms with E-state index in [9.17, 15) is 14.4 Å². The molecule has 0 aliphatic carbocycles. The summed E-state index contributed by atoms with van der Waals surface area (Å²) < 4.78 is 4.78. The van der Waals surface area contributed by atoms with Gasteiger partial charge in [-0.2, -0.15) is 0 Å². The summed E-state index contributed by atoms with van der Waals surface area (Å²) in [6.45, 7) is 4.73. The molecule has 0 aliphatic rings. The lowest BCUT2D eigenvalue weighted by Gasteiger charge is -2.21. The molecule has 0 fully saturated rings. The summed E-state index contributed by atoms with van der Waals surface area (Å²) in [5.74, 6) is -1.63. The summed E-state index contributed by atoms with van der Waals surface area (Å²) in [7, 11) is 2.71. The van der Waals surface area contributed by atoms with E-state index in [0.29, 0.717) is 0 Å². The third kappa shape index (κ3) is 4.14. The quantitative estimate of drug-likeness (QED) is 0.388. The fourth-order valence-electron chi connectivity index (χ4n) is 0.997. The number of hydrogen-bond acceptors (Lipinski definition) is 5. The van der Waals surface area contributed by atoms with Gasteiger partial charge in [0.2, 0.25) is 0 Å². The number of carbonyl (C=O) groups excluding carboxylic acids is 3. The minimum Gasteiger partial charge on any atom is -0.465 e. The van der Waals surface area contributed by atoms with Crippen LogP contribution in [0.25, 0.3) is 0 Å². The molecule has 0 aromatic rings. The summed E-state index contributed by atoms with van der Waals surface area (Å²) >= 11 is 0. The Labute approximate surface area is 101 Å². The molecule has 0 radical (unpaired) electrons. The van der Waals surface area contributed by atoms with E-state index in [4.69, 9.17) is 4.74 Å². The van der Waals surface area contributed by atoms with Crippen molar-refractivity contribution in [1.82, 2.24) is 5.06 Å². The first kappa shape index (κ1) is 15.6. The highest BCUT2D eigenvalue weighted by molar-refractivity contribution is 6.09. The first-order valence-electron chi connectivity index (χ1n) is 5.28. The van der Waals surface area contributed by atoms with Gasteiger partial charge in [0.15, 0.2) is 5.78 Å². The molecule has 0 saturated heterocycles. The predicted octanol–water partition coefficient (Wildman–Crippen LogP) is 0.555. The Kier molecular flexibility index (Phi) is 5.81. The standard InChI is InChI=1S/C11H19NO5/c1-6-17-10(15)11(2,3)8(13)7-9(14)12(4)16-5/h6-7H2,1-5H3. The average Bonchev–Trinajstić information content (AvgIpc) is 2.27. The zero-order chi connectivity index (χ0) is 13.6. The molecular weight excluding hydrogens is 226 g/mol. The number of carbonyl (C=O) groups is 3. The van der Waals surface area contributed by atoms with Crippen molar-refractivity contribution < 1.29 is 24.0 Å². The zero-order valence-electron chi connectivity index (χ0n) is 10.9. The lowest BCUT2D eigenvalue weighted by Crippen LogP contribution is -2.38. The van der Waals surface area contributed by atoms with Gasteiger partial charge >= 0.3 is 5.97 Å². The van der Waals surface area contributed by atoms with Crippen LogP contribution in [0, 0.1) is 5.41 Å². The van der Waals surface area contributed by atoms with Crippen molar-refractivity contribution >= 4 is 17.7 Å². The molecule has 0 spiro atoms. The lowest BCUT2D eigenvalue weighted by atomic mass is 9.86. The Bertz CT molecular complexity index is 311. The SMILES string of the molecule is CCOC(=O)C(C)(C)C(=O)CC(=O)N(C)OC. The van der Waals surface area contributed by atoms with E-state index in [2.05, 4.69) is 4.84 Å². The Morgan fingerprint density at radius 2 is 1.76 bits per heavy atom. The van der Waals surface area contributed by atoms with Gasteiger partial charge in [-0.15, -0.1) is 0 Å². The van der Waals surface area contributed by atoms with Crippen LogP contribution in [0.1, 0.15) is 27.2 Å². The van der Waals surface area contributed by atoms with E-state index in [-0.39, 0.29) is 6.61 Å². The van der Waals surface area contributed by atoms with Crippen LogP contribution < -0.4 is 0 Å². The van der Waals surface area contributed by atoms with Crippen molar-refractivity contribution in [3.63, 3.8) is 0 Å². The van der Waals surface area contributed by atoms with Crippen LogP contribution in [0.5, 0.6) is 0 Å². The molecule has 0 aliphatic heterocycles. The van der Waals surface area contributed by atoms with Crippen LogP contribution in [0.15, 0.2) is 0 Å². The van der Waals surface area contributed by atoms with E-state index in [1.54, 1.807) is 6.92 Å². The molecule has 0 aromatic carbocycles. The maximum Gasteiger partial charge on any atom is 0.319 e. The topological polar surface area (TPSA) is 72.9 Å². The number of amides is 1. The highest BCUT2D eigenvalue weighted by Gasteiger charge is 2.38. The number of ether oxygens (including phenoxy) is 1. The first-order chi connectivity index (χ1) is 7.77. The fourth-order valence-corrected chi connectivity index (χ4v) is 0.997. The number of hydroxylamine groups is 2. The largest absolute Gasteiger partial charge is 0.465 e. The third-order valence-electron chi connectivity index (χ3n) is 2.42. The van der Waals surface area contributed by atoms with E-state index in [0.717, 1.165) is 5.06 Å². The number of ketones is 1. The Morgan fingerprint density at radius 3 is 2.18 bits per heavy atom. The number of hydrogen-bond donors (Lipinski definition) is 0. The monoisotopic (exact) mass is 245 g/mol.